The van der Waals surface area contributed by atoms with E-state index in [2.05, 4.69) is 13.8 Å². The summed E-state index contributed by atoms with van der Waals surface area (Å²) in [5.41, 5.74) is 1.96. The molecule has 0 nitrogen and oxygen atoms in total. The van der Waals surface area contributed by atoms with Gasteiger partial charge in [-0.25, -0.2) is 4.39 Å². The standard InChI is InChI=1S/C8H9F.C8H18/c1-6-3-7(2)5-8(9)4-6;1-3-5-7-8-6-4-2/h3-5H,1-2H3;3-8H2,1-2H3. The fraction of sp³-hybridized carbons (Fsp3) is 0.625. The molecule has 17 heavy (non-hydrogen) atoms. The van der Waals surface area contributed by atoms with Crippen molar-refractivity contribution in [3.63, 3.8) is 0 Å². The summed E-state index contributed by atoms with van der Waals surface area (Å²) in [6.45, 7) is 8.28. The molecule has 0 unspecified atom stereocenters. The minimum absolute atomic E-state index is 0.146. The summed E-state index contributed by atoms with van der Waals surface area (Å²) in [6, 6.07) is 4.99. The van der Waals surface area contributed by atoms with Gasteiger partial charge in [-0.2, -0.15) is 0 Å². The third-order valence-electron chi connectivity index (χ3n) is 2.64. The van der Waals surface area contributed by atoms with Gasteiger partial charge in [-0.3, -0.25) is 0 Å². The summed E-state index contributed by atoms with van der Waals surface area (Å²) in [5, 5.41) is 0. The molecule has 0 heterocycles. The van der Waals surface area contributed by atoms with Crippen LogP contribution in [0.15, 0.2) is 18.2 Å². The van der Waals surface area contributed by atoms with Gasteiger partial charge in [0.05, 0.1) is 0 Å². The van der Waals surface area contributed by atoms with Crippen molar-refractivity contribution in [1.82, 2.24) is 0 Å². The summed E-state index contributed by atoms with van der Waals surface area (Å²) >= 11 is 0. The van der Waals surface area contributed by atoms with Crippen molar-refractivity contribution in [1.29, 1.82) is 0 Å². The summed E-state index contributed by atoms with van der Waals surface area (Å²) in [4.78, 5) is 0. The van der Waals surface area contributed by atoms with E-state index in [4.69, 9.17) is 0 Å². The van der Waals surface area contributed by atoms with Crippen molar-refractivity contribution in [3.05, 3.63) is 35.1 Å². The Morgan fingerprint density at radius 3 is 1.47 bits per heavy atom. The van der Waals surface area contributed by atoms with Gasteiger partial charge in [-0.05, 0) is 37.1 Å². The van der Waals surface area contributed by atoms with E-state index in [9.17, 15) is 4.39 Å². The Labute approximate surface area is 106 Å². The van der Waals surface area contributed by atoms with Gasteiger partial charge >= 0.3 is 0 Å². The highest BCUT2D eigenvalue weighted by atomic mass is 19.1. The maximum absolute atomic E-state index is 12.4. The van der Waals surface area contributed by atoms with E-state index in [1.807, 2.05) is 19.9 Å². The molecule has 0 saturated carbocycles. The van der Waals surface area contributed by atoms with Crippen molar-refractivity contribution in [3.8, 4) is 0 Å². The maximum atomic E-state index is 12.4. The molecule has 98 valence electrons. The minimum Gasteiger partial charge on any atom is -0.207 e. The van der Waals surface area contributed by atoms with Crippen molar-refractivity contribution in [2.45, 2.75) is 66.2 Å². The second-order valence-corrected chi connectivity index (χ2v) is 4.72. The smallest absolute Gasteiger partial charge is 0.123 e. The first-order valence-corrected chi connectivity index (χ1v) is 6.84. The van der Waals surface area contributed by atoms with Gasteiger partial charge in [-0.15, -0.1) is 0 Å². The van der Waals surface area contributed by atoms with Gasteiger partial charge in [0.25, 0.3) is 0 Å². The fourth-order valence-electron chi connectivity index (χ4n) is 1.77. The molecule has 0 aliphatic heterocycles. The van der Waals surface area contributed by atoms with Crippen LogP contribution in [-0.2, 0) is 0 Å². The highest BCUT2D eigenvalue weighted by Gasteiger charge is 1.90. The molecule has 1 rings (SSSR count). The Hall–Kier alpha value is -0.850. The molecule has 0 N–H and O–H groups in total. The zero-order valence-electron chi connectivity index (χ0n) is 11.9. The van der Waals surface area contributed by atoms with Crippen LogP contribution in [0.3, 0.4) is 0 Å². The Balaban J connectivity index is 0.000000304. The molecule has 0 aromatic heterocycles. The topological polar surface area (TPSA) is 0 Å². The van der Waals surface area contributed by atoms with Gasteiger partial charge in [-0.1, -0.05) is 58.4 Å². The average molecular weight is 238 g/mol. The predicted molar refractivity (Wildman–Crippen MR) is 74.9 cm³/mol. The van der Waals surface area contributed by atoms with Crippen LogP contribution in [0.4, 0.5) is 4.39 Å². The van der Waals surface area contributed by atoms with E-state index in [0.29, 0.717) is 0 Å². The molecule has 1 heteroatoms. The lowest BCUT2D eigenvalue weighted by atomic mass is 10.1. The van der Waals surface area contributed by atoms with Crippen LogP contribution in [0.25, 0.3) is 0 Å². The van der Waals surface area contributed by atoms with Gasteiger partial charge in [0.1, 0.15) is 5.82 Å². The van der Waals surface area contributed by atoms with Crippen molar-refractivity contribution >= 4 is 0 Å². The van der Waals surface area contributed by atoms with E-state index in [-0.39, 0.29) is 5.82 Å². The molecule has 0 atom stereocenters. The molecular weight excluding hydrogens is 211 g/mol. The monoisotopic (exact) mass is 238 g/mol. The normalized spacial score (nSPS) is 9.71. The molecule has 0 radical (unpaired) electrons. The molecule has 0 aliphatic carbocycles. The second-order valence-electron chi connectivity index (χ2n) is 4.72. The first-order chi connectivity index (χ1) is 8.10. The number of aryl methyl sites for hydroxylation is 2. The number of halogens is 1. The van der Waals surface area contributed by atoms with E-state index in [0.717, 1.165) is 11.1 Å². The highest BCUT2D eigenvalue weighted by Crippen LogP contribution is 2.05. The maximum Gasteiger partial charge on any atom is 0.123 e. The molecule has 0 fully saturated rings. The van der Waals surface area contributed by atoms with Gasteiger partial charge < -0.3 is 0 Å². The van der Waals surface area contributed by atoms with E-state index < -0.39 is 0 Å². The molecular formula is C16H27F. The second kappa shape index (κ2) is 10.3. The van der Waals surface area contributed by atoms with Crippen LogP contribution in [0.2, 0.25) is 0 Å². The lowest BCUT2D eigenvalue weighted by Crippen LogP contribution is -1.79. The largest absolute Gasteiger partial charge is 0.207 e. The Morgan fingerprint density at radius 2 is 1.18 bits per heavy atom. The lowest BCUT2D eigenvalue weighted by molar-refractivity contribution is 0.624. The van der Waals surface area contributed by atoms with Crippen LogP contribution in [0.1, 0.15) is 63.5 Å². The summed E-state index contributed by atoms with van der Waals surface area (Å²) < 4.78 is 12.4. The van der Waals surface area contributed by atoms with Crippen LogP contribution in [-0.4, -0.2) is 0 Å². The van der Waals surface area contributed by atoms with E-state index in [1.54, 1.807) is 0 Å². The number of rotatable bonds is 5. The molecule has 0 bridgehead atoms. The van der Waals surface area contributed by atoms with Crippen LogP contribution < -0.4 is 0 Å². The van der Waals surface area contributed by atoms with Gasteiger partial charge in [0.2, 0.25) is 0 Å². The SMILES string of the molecule is CCCCCCCC.Cc1cc(C)cc(F)c1. The zero-order valence-corrected chi connectivity index (χ0v) is 11.9. The minimum atomic E-state index is -0.146. The Morgan fingerprint density at radius 1 is 0.765 bits per heavy atom. The number of benzene rings is 1. The summed E-state index contributed by atoms with van der Waals surface area (Å²) in [6.07, 6.45) is 8.49. The van der Waals surface area contributed by atoms with Crippen molar-refractivity contribution in [2.75, 3.05) is 0 Å². The quantitative estimate of drug-likeness (QED) is 0.568. The highest BCUT2D eigenvalue weighted by molar-refractivity contribution is 5.21. The average Bonchev–Trinajstić information content (AvgIpc) is 2.23. The number of hydrogen-bond donors (Lipinski definition) is 0. The molecule has 1 aromatic rings. The van der Waals surface area contributed by atoms with Crippen LogP contribution >= 0.6 is 0 Å². The molecule has 1 aromatic carbocycles. The van der Waals surface area contributed by atoms with E-state index in [1.165, 1.54) is 50.7 Å². The summed E-state index contributed by atoms with van der Waals surface area (Å²) in [7, 11) is 0. The van der Waals surface area contributed by atoms with Crippen LogP contribution in [0, 0.1) is 19.7 Å². The molecule has 0 spiro atoms. The third kappa shape index (κ3) is 10.0. The van der Waals surface area contributed by atoms with Gasteiger partial charge in [0, 0.05) is 0 Å². The molecule has 0 amide bonds. The van der Waals surface area contributed by atoms with Gasteiger partial charge in [0.15, 0.2) is 0 Å². The van der Waals surface area contributed by atoms with E-state index >= 15 is 0 Å². The Bertz CT molecular complexity index is 235. The number of unbranched alkanes of at least 4 members (excludes halogenated alkanes) is 5. The third-order valence-corrected chi connectivity index (χ3v) is 2.64. The van der Waals surface area contributed by atoms with Crippen molar-refractivity contribution in [2.24, 2.45) is 0 Å². The van der Waals surface area contributed by atoms with Crippen molar-refractivity contribution < 1.29 is 4.39 Å². The summed E-state index contributed by atoms with van der Waals surface area (Å²) in [5.74, 6) is -0.146. The molecule has 0 aliphatic rings. The molecule has 0 saturated heterocycles. The lowest BCUT2D eigenvalue weighted by Gasteiger charge is -1.94. The van der Waals surface area contributed by atoms with Crippen LogP contribution in [0.5, 0.6) is 0 Å². The first-order valence-electron chi connectivity index (χ1n) is 6.84. The first kappa shape index (κ1) is 16.1. The number of hydrogen-bond acceptors (Lipinski definition) is 0. The predicted octanol–water partition coefficient (Wildman–Crippen LogP) is 5.81. The Kier molecular flexibility index (Phi) is 9.80. The fourth-order valence-corrected chi connectivity index (χ4v) is 1.77. The zero-order chi connectivity index (χ0) is 13.1.